The van der Waals surface area contributed by atoms with Crippen LogP contribution in [0, 0.1) is 0 Å². The smallest absolute Gasteiger partial charge is 0.164 e. The van der Waals surface area contributed by atoms with Gasteiger partial charge in [-0.1, -0.05) is 187 Å². The molecule has 292 valence electrons. The maximum absolute atomic E-state index is 5.47. The largest absolute Gasteiger partial charge is 0.330 e. The quantitative estimate of drug-likeness (QED) is 0.0734. The monoisotopic (exact) mass is 819 g/mol. The van der Waals surface area contributed by atoms with Crippen molar-refractivity contribution in [3.63, 3.8) is 0 Å². The molecule has 0 atom stereocenters. The van der Waals surface area contributed by atoms with Crippen molar-refractivity contribution in [2.75, 3.05) is 6.54 Å². The van der Waals surface area contributed by atoms with Crippen molar-refractivity contribution in [1.29, 1.82) is 0 Å². The summed E-state index contributed by atoms with van der Waals surface area (Å²) in [5.74, 6) is 2.39. The molecule has 10 heteroatoms. The van der Waals surface area contributed by atoms with Crippen LogP contribution < -0.4 is 5.73 Å². The number of aromatic nitrogens is 8. The van der Waals surface area contributed by atoms with Crippen LogP contribution in [0.5, 0.6) is 0 Å². The molecule has 7 aromatic rings. The number of benzene rings is 4. The van der Waals surface area contributed by atoms with E-state index >= 15 is 0 Å². The molecule has 0 fully saturated rings. The number of hydrogen-bond acceptors (Lipinski definition) is 7. The van der Waals surface area contributed by atoms with E-state index in [4.69, 9.17) is 35.6 Å². The van der Waals surface area contributed by atoms with Crippen molar-refractivity contribution in [1.82, 2.24) is 39.9 Å². The van der Waals surface area contributed by atoms with Gasteiger partial charge in [-0.3, -0.25) is 0 Å². The van der Waals surface area contributed by atoms with Crippen LogP contribution in [0.2, 0.25) is 0 Å². The number of nitrogens with one attached hydrogen (secondary N) is 2. The first kappa shape index (κ1) is 41.0. The van der Waals surface area contributed by atoms with Crippen molar-refractivity contribution in [2.24, 2.45) is 5.73 Å². The maximum Gasteiger partial charge on any atom is 0.164 e. The fraction of sp³-hybridized carbons (Fsp3) is 0.333. The maximum atomic E-state index is 5.47. The minimum atomic E-state index is 0. The normalized spacial score (nSPS) is 11.5. The summed E-state index contributed by atoms with van der Waals surface area (Å²) in [6.07, 6.45) is 19.9. The number of H-pyrrole nitrogens is 2. The van der Waals surface area contributed by atoms with E-state index in [9.17, 15) is 0 Å². The Labute approximate surface area is 353 Å². The first-order valence-electron chi connectivity index (χ1n) is 21.1. The van der Waals surface area contributed by atoms with E-state index in [2.05, 4.69) is 16.9 Å². The second-order valence-corrected chi connectivity index (χ2v) is 15.2. The van der Waals surface area contributed by atoms with Crippen LogP contribution in [0.25, 0.3) is 89.7 Å². The zero-order chi connectivity index (χ0) is 38.8. The first-order valence-corrected chi connectivity index (χ1v) is 21.1. The van der Waals surface area contributed by atoms with Crippen LogP contribution in [-0.4, -0.2) is 46.4 Å². The summed E-state index contributed by atoms with van der Waals surface area (Å²) >= 11 is 0. The molecule has 0 saturated heterocycles. The van der Waals surface area contributed by atoms with E-state index in [0.29, 0.717) is 45.9 Å². The van der Waals surface area contributed by atoms with E-state index < -0.39 is 0 Å². The summed E-state index contributed by atoms with van der Waals surface area (Å²) in [5.41, 5.74) is 11.9. The van der Waals surface area contributed by atoms with Crippen molar-refractivity contribution in [3.05, 3.63) is 97.1 Å². The second kappa shape index (κ2) is 20.0. The average Bonchev–Trinajstić information content (AvgIpc) is 3.99. The van der Waals surface area contributed by atoms with E-state index in [0.717, 1.165) is 50.3 Å². The molecule has 0 unspecified atom stereocenters. The first-order chi connectivity index (χ1) is 28.2. The van der Waals surface area contributed by atoms with Gasteiger partial charge in [0.2, 0.25) is 0 Å². The molecule has 0 spiro atoms. The van der Waals surface area contributed by atoms with Gasteiger partial charge in [0.25, 0.3) is 0 Å². The molecule has 0 saturated carbocycles. The van der Waals surface area contributed by atoms with Gasteiger partial charge < -0.3 is 15.7 Å². The topological polar surface area (TPSA) is 135 Å². The average molecular weight is 821 g/mol. The van der Waals surface area contributed by atoms with Crippen molar-refractivity contribution >= 4 is 44.1 Å². The van der Waals surface area contributed by atoms with E-state index in [1.54, 1.807) is 0 Å². The summed E-state index contributed by atoms with van der Waals surface area (Å²) in [6, 6.07) is 32.2. The van der Waals surface area contributed by atoms with Gasteiger partial charge in [-0.2, -0.15) is 0 Å². The Balaban J connectivity index is 0.000000245. The van der Waals surface area contributed by atoms with Gasteiger partial charge in [-0.25, -0.2) is 29.9 Å². The minimum absolute atomic E-state index is 0. The van der Waals surface area contributed by atoms with Crippen LogP contribution in [0.1, 0.15) is 96.8 Å². The van der Waals surface area contributed by atoms with Crippen LogP contribution >= 0.6 is 0 Å². The standard InChI is InChI=1S/C32H18N8.C16H35N.Zn/c1-2-10-18-17(9-1)25-33-26(18)38-28-21-13-5-6-14-22(21)30(35-28)40-32-24-16-8-7-15-23(24)31(36-32)39-29-20-12-4-3-11-19(20)27(34-29)37-25;1-2-3-4-5-6-7-8-9-10-11-12-13-14-15-16-17;/h1-16H,(H2,33,34,35,36,37,38,39,40);2-17H2,1H3;. The molecule has 9 rings (SSSR count). The van der Waals surface area contributed by atoms with E-state index in [-0.39, 0.29) is 19.5 Å². The Hall–Kier alpha value is -5.18. The summed E-state index contributed by atoms with van der Waals surface area (Å²) < 4.78 is 0. The third-order valence-electron chi connectivity index (χ3n) is 11.0. The molecule has 0 aliphatic carbocycles. The number of unbranched alkanes of at least 4 members (excludes halogenated alkanes) is 13. The number of hydrogen-bond donors (Lipinski definition) is 3. The molecule has 8 bridgehead atoms. The summed E-state index contributed by atoms with van der Waals surface area (Å²) in [4.78, 5) is 36.8. The SMILES string of the molecule is CCCCCCCCCCCCCCCCN.[Zn].c1ccc2c(c1)-c1nc-2nc2[nH]c(nc3nc(nc4[nH]c(n1)c1ccccc41)-c1ccccc1-3)c1ccccc21. The molecule has 4 N–H and O–H groups in total. The van der Waals surface area contributed by atoms with Crippen molar-refractivity contribution in [2.45, 2.75) is 96.8 Å². The number of nitrogens with two attached hydrogens (primary N) is 1. The predicted molar refractivity (Wildman–Crippen MR) is 235 cm³/mol. The molecular formula is C48H53N9Zn. The third-order valence-corrected chi connectivity index (χ3v) is 11.0. The zero-order valence-corrected chi connectivity index (χ0v) is 36.8. The van der Waals surface area contributed by atoms with Gasteiger partial charge in [-0.05, 0) is 13.0 Å². The number of nitrogens with zero attached hydrogens (tertiary/aromatic N) is 6. The van der Waals surface area contributed by atoms with Gasteiger partial charge in [0.15, 0.2) is 23.3 Å². The Morgan fingerprint density at radius 2 is 0.621 bits per heavy atom. The molecular weight excluding hydrogens is 768 g/mol. The fourth-order valence-corrected chi connectivity index (χ4v) is 7.93. The van der Waals surface area contributed by atoms with Crippen LogP contribution in [0.4, 0.5) is 0 Å². The second-order valence-electron chi connectivity index (χ2n) is 15.2. The molecule has 0 amide bonds. The van der Waals surface area contributed by atoms with Gasteiger partial charge in [0.1, 0.15) is 22.6 Å². The summed E-state index contributed by atoms with van der Waals surface area (Å²) in [7, 11) is 0. The number of fused-ring (bicyclic) bond motifs is 20. The van der Waals surface area contributed by atoms with Crippen molar-refractivity contribution < 1.29 is 19.5 Å². The van der Waals surface area contributed by atoms with Crippen LogP contribution in [0.3, 0.4) is 0 Å². The Bertz CT molecular complexity index is 2290. The number of rotatable bonds is 14. The van der Waals surface area contributed by atoms with E-state index in [1.165, 1.54) is 89.9 Å². The zero-order valence-electron chi connectivity index (χ0n) is 33.8. The molecule has 2 aliphatic heterocycles. The number of aromatic amines is 2. The van der Waals surface area contributed by atoms with Crippen molar-refractivity contribution in [3.8, 4) is 45.6 Å². The molecule has 4 aromatic carbocycles. The minimum Gasteiger partial charge on any atom is -0.330 e. The Morgan fingerprint density at radius 3 is 0.897 bits per heavy atom. The molecule has 9 nitrogen and oxygen atoms in total. The molecule has 3 aromatic heterocycles. The Kier molecular flexibility index (Phi) is 14.1. The molecule has 2 aliphatic rings. The third kappa shape index (κ3) is 9.24. The summed E-state index contributed by atoms with van der Waals surface area (Å²) in [6.45, 7) is 3.16. The summed E-state index contributed by atoms with van der Waals surface area (Å²) in [5, 5.41) is 3.82. The van der Waals surface area contributed by atoms with E-state index in [1.807, 2.05) is 97.1 Å². The van der Waals surface area contributed by atoms with Gasteiger partial charge in [-0.15, -0.1) is 0 Å². The molecule has 0 radical (unpaired) electrons. The van der Waals surface area contributed by atoms with Gasteiger partial charge in [0.05, 0.1) is 0 Å². The van der Waals surface area contributed by atoms with Gasteiger partial charge >= 0.3 is 0 Å². The predicted octanol–water partition coefficient (Wildman–Crippen LogP) is 12.3. The van der Waals surface area contributed by atoms with Crippen LogP contribution in [0.15, 0.2) is 97.1 Å². The molecule has 58 heavy (non-hydrogen) atoms. The van der Waals surface area contributed by atoms with Crippen LogP contribution in [-0.2, 0) is 19.5 Å². The Morgan fingerprint density at radius 1 is 0.362 bits per heavy atom. The fourth-order valence-electron chi connectivity index (χ4n) is 7.93. The molecule has 5 heterocycles. The van der Waals surface area contributed by atoms with Gasteiger partial charge in [0, 0.05) is 63.3 Å².